The lowest BCUT2D eigenvalue weighted by Gasteiger charge is -2.18. The van der Waals surface area contributed by atoms with E-state index in [1.807, 2.05) is 0 Å². The summed E-state index contributed by atoms with van der Waals surface area (Å²) in [5.74, 6) is 0.334. The van der Waals surface area contributed by atoms with Crippen LogP contribution in [-0.2, 0) is 4.74 Å². The summed E-state index contributed by atoms with van der Waals surface area (Å²) < 4.78 is 5.35. The molecular weight excluding hydrogens is 396 g/mol. The number of rotatable bonds is 5. The number of anilines is 2. The van der Waals surface area contributed by atoms with Crippen LogP contribution >= 0.6 is 11.6 Å². The van der Waals surface area contributed by atoms with Crippen LogP contribution in [0.5, 0.6) is 0 Å². The molecule has 1 atom stereocenters. The van der Waals surface area contributed by atoms with Gasteiger partial charge in [-0.05, 0) is 19.9 Å². The number of nitrogens with zero attached hydrogens (tertiary/aromatic N) is 6. The van der Waals surface area contributed by atoms with Crippen LogP contribution in [0.2, 0.25) is 5.02 Å². The summed E-state index contributed by atoms with van der Waals surface area (Å²) in [4.78, 5) is 22.1. The Kier molecular flexibility index (Phi) is 6.01. The number of hydrogen-bond acceptors (Lipinski definition) is 7. The van der Waals surface area contributed by atoms with E-state index in [0.717, 1.165) is 0 Å². The SMILES string of the molecule is CO[C@H](C)c1c(NC(=O)Nc2cnc(-n3nccn3)c(Cl)c2)cnc(C)c1C#N. The molecule has 3 aromatic heterocycles. The quantitative estimate of drug-likeness (QED) is 0.657. The number of carbonyl (C=O) groups excluding carboxylic acids is 1. The first kappa shape index (κ1) is 20.2. The van der Waals surface area contributed by atoms with Crippen LogP contribution in [0.4, 0.5) is 16.2 Å². The van der Waals surface area contributed by atoms with Crippen LogP contribution in [0.25, 0.3) is 5.82 Å². The molecule has 0 saturated heterocycles. The van der Waals surface area contributed by atoms with Gasteiger partial charge in [-0.15, -0.1) is 4.80 Å². The Morgan fingerprint density at radius 2 is 2.00 bits per heavy atom. The molecule has 0 aliphatic rings. The van der Waals surface area contributed by atoms with Crippen molar-refractivity contribution in [2.24, 2.45) is 0 Å². The van der Waals surface area contributed by atoms with Gasteiger partial charge in [-0.3, -0.25) is 4.98 Å². The van der Waals surface area contributed by atoms with Crippen molar-refractivity contribution in [1.82, 2.24) is 25.0 Å². The molecule has 3 heterocycles. The van der Waals surface area contributed by atoms with Gasteiger partial charge in [0.25, 0.3) is 0 Å². The fourth-order valence-corrected chi connectivity index (χ4v) is 2.90. The molecule has 0 saturated carbocycles. The summed E-state index contributed by atoms with van der Waals surface area (Å²) in [6.07, 6.45) is 5.50. The average molecular weight is 413 g/mol. The fourth-order valence-electron chi connectivity index (χ4n) is 2.66. The van der Waals surface area contributed by atoms with Gasteiger partial charge < -0.3 is 15.4 Å². The third-order valence-corrected chi connectivity index (χ3v) is 4.39. The number of halogens is 1. The summed E-state index contributed by atoms with van der Waals surface area (Å²) in [6, 6.07) is 3.09. The number of aryl methyl sites for hydroxylation is 1. The predicted octanol–water partition coefficient (Wildman–Crippen LogP) is 3.24. The molecule has 29 heavy (non-hydrogen) atoms. The van der Waals surface area contributed by atoms with Crippen LogP contribution in [0.1, 0.15) is 29.8 Å². The number of pyridine rings is 2. The molecule has 0 aromatic carbocycles. The topological polar surface area (TPSA) is 131 Å². The number of carbonyl (C=O) groups is 1. The summed E-state index contributed by atoms with van der Waals surface area (Å²) in [5.41, 5.74) is 2.20. The standard InChI is InChI=1S/C18H17ClN8O2/c1-10-13(7-20)16(11(2)29-3)15(9-21-10)26-18(28)25-12-6-14(19)17(22-8-12)27-23-4-5-24-27/h4-6,8-9,11H,1-3H3,(H2,25,26,28)/t11-/m1/s1. The molecule has 3 aromatic rings. The zero-order valence-corrected chi connectivity index (χ0v) is 16.6. The molecule has 0 bridgehead atoms. The fraction of sp³-hybridized carbons (Fsp3) is 0.222. The van der Waals surface area contributed by atoms with Crippen LogP contribution in [0.3, 0.4) is 0 Å². The van der Waals surface area contributed by atoms with E-state index in [4.69, 9.17) is 16.3 Å². The molecule has 0 radical (unpaired) electrons. The summed E-state index contributed by atoms with van der Waals surface area (Å²) in [6.45, 7) is 3.50. The van der Waals surface area contributed by atoms with E-state index in [-0.39, 0.29) is 5.02 Å². The molecule has 0 spiro atoms. The molecule has 0 aliphatic carbocycles. The number of nitriles is 1. The minimum atomic E-state index is -0.549. The van der Waals surface area contributed by atoms with E-state index in [1.54, 1.807) is 13.8 Å². The van der Waals surface area contributed by atoms with E-state index in [0.29, 0.717) is 34.0 Å². The minimum absolute atomic E-state index is 0.261. The Morgan fingerprint density at radius 1 is 1.28 bits per heavy atom. The van der Waals surface area contributed by atoms with Gasteiger partial charge in [0.1, 0.15) is 6.07 Å². The van der Waals surface area contributed by atoms with Crippen LogP contribution < -0.4 is 10.6 Å². The van der Waals surface area contributed by atoms with Gasteiger partial charge in [-0.2, -0.15) is 15.5 Å². The number of ether oxygens (including phenoxy) is 1. The van der Waals surface area contributed by atoms with Crippen molar-refractivity contribution in [3.8, 4) is 11.9 Å². The molecule has 0 aliphatic heterocycles. The molecule has 3 rings (SSSR count). The van der Waals surface area contributed by atoms with Crippen molar-refractivity contribution in [1.29, 1.82) is 5.26 Å². The smallest absolute Gasteiger partial charge is 0.323 e. The second-order valence-corrected chi connectivity index (χ2v) is 6.37. The number of nitrogens with one attached hydrogen (secondary N) is 2. The first-order valence-corrected chi connectivity index (χ1v) is 8.85. The van der Waals surface area contributed by atoms with Crippen LogP contribution in [-0.4, -0.2) is 38.1 Å². The lowest BCUT2D eigenvalue weighted by Crippen LogP contribution is -2.22. The van der Waals surface area contributed by atoms with Crippen LogP contribution in [0, 0.1) is 18.3 Å². The van der Waals surface area contributed by atoms with Crippen molar-refractivity contribution in [3.63, 3.8) is 0 Å². The zero-order chi connectivity index (χ0) is 21.0. The third-order valence-electron chi connectivity index (χ3n) is 4.12. The second-order valence-electron chi connectivity index (χ2n) is 5.96. The number of amides is 2. The van der Waals surface area contributed by atoms with Gasteiger partial charge in [0.05, 0.1) is 58.5 Å². The summed E-state index contributed by atoms with van der Waals surface area (Å²) in [5, 5.41) is 23.0. The highest BCUT2D eigenvalue weighted by Crippen LogP contribution is 2.29. The molecule has 2 amide bonds. The highest BCUT2D eigenvalue weighted by atomic mass is 35.5. The second kappa shape index (κ2) is 8.64. The van der Waals surface area contributed by atoms with Crippen molar-refractivity contribution >= 4 is 29.0 Å². The Hall–Kier alpha value is -3.55. The average Bonchev–Trinajstić information content (AvgIpc) is 3.23. The van der Waals surface area contributed by atoms with Gasteiger partial charge in [0, 0.05) is 12.7 Å². The first-order chi connectivity index (χ1) is 13.9. The van der Waals surface area contributed by atoms with Crippen molar-refractivity contribution in [3.05, 3.63) is 52.7 Å². The largest absolute Gasteiger partial charge is 0.377 e. The van der Waals surface area contributed by atoms with Gasteiger partial charge in [-0.25, -0.2) is 9.78 Å². The molecule has 0 unspecified atom stereocenters. The molecule has 148 valence electrons. The van der Waals surface area contributed by atoms with Crippen LogP contribution in [0.15, 0.2) is 30.9 Å². The third kappa shape index (κ3) is 4.31. The van der Waals surface area contributed by atoms with Gasteiger partial charge in [-0.1, -0.05) is 11.6 Å². The van der Waals surface area contributed by atoms with Crippen molar-refractivity contribution in [2.45, 2.75) is 20.0 Å². The Balaban J connectivity index is 1.81. The molecular formula is C18H17ClN8O2. The minimum Gasteiger partial charge on any atom is -0.377 e. The predicted molar refractivity (Wildman–Crippen MR) is 106 cm³/mol. The number of hydrogen-bond donors (Lipinski definition) is 2. The maximum atomic E-state index is 12.5. The summed E-state index contributed by atoms with van der Waals surface area (Å²) >= 11 is 6.21. The monoisotopic (exact) mass is 412 g/mol. The van der Waals surface area contributed by atoms with Gasteiger partial charge in [0.15, 0.2) is 5.82 Å². The molecule has 10 nitrogen and oxygen atoms in total. The molecule has 11 heteroatoms. The highest BCUT2D eigenvalue weighted by Gasteiger charge is 2.20. The highest BCUT2D eigenvalue weighted by molar-refractivity contribution is 6.32. The maximum absolute atomic E-state index is 12.5. The molecule has 0 fully saturated rings. The Morgan fingerprint density at radius 3 is 2.62 bits per heavy atom. The van der Waals surface area contributed by atoms with Crippen molar-refractivity contribution < 1.29 is 9.53 Å². The lowest BCUT2D eigenvalue weighted by atomic mass is 10.0. The van der Waals surface area contributed by atoms with Gasteiger partial charge in [0.2, 0.25) is 0 Å². The normalized spacial score (nSPS) is 11.6. The zero-order valence-electron chi connectivity index (χ0n) is 15.8. The molecule has 2 N–H and O–H groups in total. The van der Waals surface area contributed by atoms with Crippen molar-refractivity contribution in [2.75, 3.05) is 17.7 Å². The Labute approximate surface area is 171 Å². The number of aromatic nitrogens is 5. The van der Waals surface area contributed by atoms with E-state index < -0.39 is 12.1 Å². The number of methoxy groups -OCH3 is 1. The maximum Gasteiger partial charge on any atom is 0.323 e. The number of urea groups is 1. The van der Waals surface area contributed by atoms with E-state index in [1.165, 1.54) is 42.8 Å². The Bertz CT molecular complexity index is 1080. The van der Waals surface area contributed by atoms with E-state index in [2.05, 4.69) is 36.9 Å². The lowest BCUT2D eigenvalue weighted by molar-refractivity contribution is 0.120. The summed E-state index contributed by atoms with van der Waals surface area (Å²) in [7, 11) is 1.52. The van der Waals surface area contributed by atoms with E-state index in [9.17, 15) is 10.1 Å². The first-order valence-electron chi connectivity index (χ1n) is 8.47. The van der Waals surface area contributed by atoms with E-state index >= 15 is 0 Å². The van der Waals surface area contributed by atoms with Gasteiger partial charge >= 0.3 is 6.03 Å².